The Hall–Kier alpha value is -0.410. The number of nitrogens with zero attached hydrogens (tertiary/aromatic N) is 1. The highest BCUT2D eigenvalue weighted by molar-refractivity contribution is 7.09. The van der Waals surface area contributed by atoms with Gasteiger partial charge in [-0.15, -0.1) is 11.3 Å². The third-order valence-electron chi connectivity index (χ3n) is 3.08. The monoisotopic (exact) mass is 210 g/mol. The van der Waals surface area contributed by atoms with Gasteiger partial charge in [-0.3, -0.25) is 0 Å². The summed E-state index contributed by atoms with van der Waals surface area (Å²) in [5, 5.41) is 6.94. The lowest BCUT2D eigenvalue weighted by molar-refractivity contribution is 0.296. The normalized spacial score (nSPS) is 27.9. The number of rotatable bonds is 2. The van der Waals surface area contributed by atoms with Crippen LogP contribution in [0.4, 0.5) is 0 Å². The van der Waals surface area contributed by atoms with E-state index in [1.165, 1.54) is 30.0 Å². The van der Waals surface area contributed by atoms with E-state index in [0.29, 0.717) is 6.04 Å². The first kappa shape index (κ1) is 10.1. The smallest absolute Gasteiger partial charge is 0.0898 e. The zero-order chi connectivity index (χ0) is 9.97. The molecule has 14 heavy (non-hydrogen) atoms. The van der Waals surface area contributed by atoms with Crippen molar-refractivity contribution < 1.29 is 0 Å². The van der Waals surface area contributed by atoms with Gasteiger partial charge in [0, 0.05) is 5.38 Å². The number of hydrogen-bond acceptors (Lipinski definition) is 3. The summed E-state index contributed by atoms with van der Waals surface area (Å²) in [6.45, 7) is 5.52. The fourth-order valence-corrected chi connectivity index (χ4v) is 2.80. The lowest BCUT2D eigenvalue weighted by atomic mass is 9.89. The largest absolute Gasteiger partial charge is 0.309 e. The fraction of sp³-hybridized carbons (Fsp3) is 0.727. The molecular formula is C11H18N2S. The van der Waals surface area contributed by atoms with Crippen LogP contribution in [0.2, 0.25) is 0 Å². The number of aromatic nitrogens is 1. The number of piperidine rings is 1. The van der Waals surface area contributed by atoms with Crippen LogP contribution in [-0.2, 0) is 0 Å². The second-order valence-corrected chi connectivity index (χ2v) is 5.16. The Balaban J connectivity index is 2.04. The van der Waals surface area contributed by atoms with Crippen LogP contribution in [0.3, 0.4) is 0 Å². The Bertz CT molecular complexity index is 295. The summed E-state index contributed by atoms with van der Waals surface area (Å²) in [4.78, 5) is 4.56. The zero-order valence-electron chi connectivity index (χ0n) is 8.92. The standard InChI is InChI=1S/C11H18N2S/c1-3-9-4-5-12-10(6-9)11-7-14-8(2)13-11/h7,9-10,12H,3-6H2,1-2H3. The van der Waals surface area contributed by atoms with Gasteiger partial charge in [0.25, 0.3) is 0 Å². The van der Waals surface area contributed by atoms with Crippen molar-refractivity contribution in [3.05, 3.63) is 16.1 Å². The topological polar surface area (TPSA) is 24.9 Å². The molecule has 2 atom stereocenters. The minimum Gasteiger partial charge on any atom is -0.309 e. The molecule has 0 amide bonds. The summed E-state index contributed by atoms with van der Waals surface area (Å²) in [7, 11) is 0. The molecule has 0 aliphatic carbocycles. The average molecular weight is 210 g/mol. The molecule has 1 aliphatic heterocycles. The van der Waals surface area contributed by atoms with E-state index in [2.05, 4.69) is 29.5 Å². The third-order valence-corrected chi connectivity index (χ3v) is 3.88. The molecule has 0 spiro atoms. The predicted octanol–water partition coefficient (Wildman–Crippen LogP) is 2.90. The van der Waals surface area contributed by atoms with E-state index in [1.807, 2.05) is 0 Å². The molecule has 2 nitrogen and oxygen atoms in total. The van der Waals surface area contributed by atoms with E-state index in [9.17, 15) is 0 Å². The maximum absolute atomic E-state index is 4.56. The van der Waals surface area contributed by atoms with Crippen molar-refractivity contribution >= 4 is 11.3 Å². The van der Waals surface area contributed by atoms with Crippen LogP contribution >= 0.6 is 11.3 Å². The molecule has 0 aromatic carbocycles. The highest BCUT2D eigenvalue weighted by atomic mass is 32.1. The van der Waals surface area contributed by atoms with Crippen LogP contribution in [0.5, 0.6) is 0 Å². The highest BCUT2D eigenvalue weighted by Gasteiger charge is 2.22. The third kappa shape index (κ3) is 2.15. The number of thiazole rings is 1. The molecule has 1 aromatic heterocycles. The summed E-state index contributed by atoms with van der Waals surface area (Å²) >= 11 is 1.76. The molecule has 2 rings (SSSR count). The molecule has 0 saturated carbocycles. The lowest BCUT2D eigenvalue weighted by Gasteiger charge is -2.28. The highest BCUT2D eigenvalue weighted by Crippen LogP contribution is 2.29. The lowest BCUT2D eigenvalue weighted by Crippen LogP contribution is -2.31. The summed E-state index contributed by atoms with van der Waals surface area (Å²) < 4.78 is 0. The SMILES string of the molecule is CCC1CCNC(c2csc(C)n2)C1. The van der Waals surface area contributed by atoms with E-state index in [0.717, 1.165) is 12.5 Å². The first-order valence-corrected chi connectivity index (χ1v) is 6.33. The van der Waals surface area contributed by atoms with Gasteiger partial charge in [0.1, 0.15) is 0 Å². The number of nitrogens with one attached hydrogen (secondary N) is 1. The maximum Gasteiger partial charge on any atom is 0.0898 e. The molecule has 0 bridgehead atoms. The molecule has 1 aromatic rings. The van der Waals surface area contributed by atoms with Crippen molar-refractivity contribution in [2.24, 2.45) is 5.92 Å². The van der Waals surface area contributed by atoms with Gasteiger partial charge in [0.05, 0.1) is 16.7 Å². The van der Waals surface area contributed by atoms with Crippen LogP contribution in [0.25, 0.3) is 0 Å². The van der Waals surface area contributed by atoms with Crippen LogP contribution in [-0.4, -0.2) is 11.5 Å². The summed E-state index contributed by atoms with van der Waals surface area (Å²) in [6.07, 6.45) is 3.90. The minimum atomic E-state index is 0.513. The van der Waals surface area contributed by atoms with Gasteiger partial charge >= 0.3 is 0 Å². The Morgan fingerprint density at radius 1 is 1.64 bits per heavy atom. The molecule has 2 heterocycles. The van der Waals surface area contributed by atoms with Gasteiger partial charge in [0.15, 0.2) is 0 Å². The van der Waals surface area contributed by atoms with Crippen LogP contribution < -0.4 is 5.32 Å². The van der Waals surface area contributed by atoms with Crippen molar-refractivity contribution in [2.45, 2.75) is 39.2 Å². The van der Waals surface area contributed by atoms with Crippen molar-refractivity contribution in [3.63, 3.8) is 0 Å². The van der Waals surface area contributed by atoms with Crippen molar-refractivity contribution in [1.82, 2.24) is 10.3 Å². The van der Waals surface area contributed by atoms with Crippen molar-refractivity contribution in [1.29, 1.82) is 0 Å². The van der Waals surface area contributed by atoms with Crippen LogP contribution in [0.15, 0.2) is 5.38 Å². The van der Waals surface area contributed by atoms with E-state index >= 15 is 0 Å². The molecule has 78 valence electrons. The van der Waals surface area contributed by atoms with E-state index < -0.39 is 0 Å². The van der Waals surface area contributed by atoms with Crippen LogP contribution in [0, 0.1) is 12.8 Å². The van der Waals surface area contributed by atoms with Gasteiger partial charge in [-0.2, -0.15) is 0 Å². The van der Waals surface area contributed by atoms with Crippen molar-refractivity contribution in [2.75, 3.05) is 6.54 Å². The number of aryl methyl sites for hydroxylation is 1. The Labute approximate surface area is 89.8 Å². The van der Waals surface area contributed by atoms with E-state index in [-0.39, 0.29) is 0 Å². The zero-order valence-corrected chi connectivity index (χ0v) is 9.73. The van der Waals surface area contributed by atoms with E-state index in [4.69, 9.17) is 0 Å². The van der Waals surface area contributed by atoms with Gasteiger partial charge in [0.2, 0.25) is 0 Å². The second kappa shape index (κ2) is 4.41. The average Bonchev–Trinajstić information content (AvgIpc) is 2.65. The van der Waals surface area contributed by atoms with E-state index in [1.54, 1.807) is 11.3 Å². The molecule has 3 heteroatoms. The molecule has 1 aliphatic rings. The number of hydrogen-bond donors (Lipinski definition) is 1. The Morgan fingerprint density at radius 3 is 3.14 bits per heavy atom. The first-order valence-electron chi connectivity index (χ1n) is 5.45. The molecule has 2 unspecified atom stereocenters. The van der Waals surface area contributed by atoms with Gasteiger partial charge in [-0.1, -0.05) is 13.3 Å². The van der Waals surface area contributed by atoms with Gasteiger partial charge < -0.3 is 5.32 Å². The fourth-order valence-electron chi connectivity index (χ4n) is 2.13. The molecule has 0 radical (unpaired) electrons. The molecular weight excluding hydrogens is 192 g/mol. The summed E-state index contributed by atoms with van der Waals surface area (Å²) in [5.74, 6) is 0.892. The van der Waals surface area contributed by atoms with Crippen molar-refractivity contribution in [3.8, 4) is 0 Å². The summed E-state index contributed by atoms with van der Waals surface area (Å²) in [5.41, 5.74) is 1.26. The Morgan fingerprint density at radius 2 is 2.50 bits per heavy atom. The second-order valence-electron chi connectivity index (χ2n) is 4.10. The quantitative estimate of drug-likeness (QED) is 0.812. The predicted molar refractivity (Wildman–Crippen MR) is 60.6 cm³/mol. The maximum atomic E-state index is 4.56. The minimum absolute atomic E-state index is 0.513. The first-order chi connectivity index (χ1) is 6.79. The summed E-state index contributed by atoms with van der Waals surface area (Å²) in [6, 6.07) is 0.513. The molecule has 1 fully saturated rings. The van der Waals surface area contributed by atoms with Gasteiger partial charge in [-0.05, 0) is 32.2 Å². The molecule has 1 N–H and O–H groups in total. The van der Waals surface area contributed by atoms with Crippen LogP contribution in [0.1, 0.15) is 42.9 Å². The van der Waals surface area contributed by atoms with Gasteiger partial charge in [-0.25, -0.2) is 4.98 Å². The molecule has 1 saturated heterocycles. The Kier molecular flexibility index (Phi) is 3.19.